The van der Waals surface area contributed by atoms with Crippen LogP contribution in [0.25, 0.3) is 0 Å². The third kappa shape index (κ3) is 4.10. The Morgan fingerprint density at radius 2 is 2.25 bits per heavy atom. The van der Waals surface area contributed by atoms with Crippen LogP contribution in [0.3, 0.4) is 0 Å². The summed E-state index contributed by atoms with van der Waals surface area (Å²) >= 11 is 1.68. The van der Waals surface area contributed by atoms with Gasteiger partial charge in [-0.25, -0.2) is 9.18 Å². The van der Waals surface area contributed by atoms with Crippen LogP contribution in [0.4, 0.5) is 10.1 Å². The fourth-order valence-corrected chi connectivity index (χ4v) is 1.64. The molecule has 3 nitrogen and oxygen atoms in total. The number of nitrogens with two attached hydrogens (primary N) is 1. The van der Waals surface area contributed by atoms with Gasteiger partial charge < -0.3 is 10.5 Å². The van der Waals surface area contributed by atoms with Crippen molar-refractivity contribution >= 4 is 23.4 Å². The third-order valence-corrected chi connectivity index (χ3v) is 2.68. The molecule has 88 valence electrons. The zero-order valence-electron chi connectivity index (χ0n) is 9.03. The second-order valence-corrected chi connectivity index (χ2v) is 4.50. The fourth-order valence-electron chi connectivity index (χ4n) is 1.15. The van der Waals surface area contributed by atoms with Crippen molar-refractivity contribution in [1.82, 2.24) is 0 Å². The molecule has 0 aliphatic carbocycles. The van der Waals surface area contributed by atoms with Gasteiger partial charge in [0.2, 0.25) is 0 Å². The summed E-state index contributed by atoms with van der Waals surface area (Å²) in [6.45, 7) is 2.35. The lowest BCUT2D eigenvalue weighted by Crippen LogP contribution is -2.09. The minimum absolute atomic E-state index is 0.152. The molecule has 0 fully saturated rings. The molecule has 0 saturated heterocycles. The summed E-state index contributed by atoms with van der Waals surface area (Å²) in [5, 5.41) is 0. The number of ether oxygens (including phenoxy) is 1. The maximum Gasteiger partial charge on any atom is 0.338 e. The van der Waals surface area contributed by atoms with Gasteiger partial charge in [-0.05, 0) is 24.0 Å². The number of hydrogen-bond acceptors (Lipinski definition) is 4. The van der Waals surface area contributed by atoms with Crippen LogP contribution < -0.4 is 5.73 Å². The van der Waals surface area contributed by atoms with Crippen molar-refractivity contribution < 1.29 is 13.9 Å². The number of halogens is 1. The van der Waals surface area contributed by atoms with E-state index in [0.29, 0.717) is 6.61 Å². The molecule has 0 unspecified atom stereocenters. The lowest BCUT2D eigenvalue weighted by Gasteiger charge is -2.05. The minimum Gasteiger partial charge on any atom is -0.461 e. The molecule has 1 aromatic rings. The van der Waals surface area contributed by atoms with Gasteiger partial charge in [-0.2, -0.15) is 11.8 Å². The van der Waals surface area contributed by atoms with E-state index >= 15 is 0 Å². The molecule has 5 heteroatoms. The van der Waals surface area contributed by atoms with Crippen molar-refractivity contribution in [3.05, 3.63) is 29.6 Å². The molecule has 0 atom stereocenters. The highest BCUT2D eigenvalue weighted by molar-refractivity contribution is 7.99. The molecule has 16 heavy (non-hydrogen) atoms. The van der Waals surface area contributed by atoms with Gasteiger partial charge in [-0.3, -0.25) is 0 Å². The minimum atomic E-state index is -0.539. The Morgan fingerprint density at radius 1 is 1.50 bits per heavy atom. The number of carbonyl (C=O) groups excluding carboxylic acids is 1. The van der Waals surface area contributed by atoms with Crippen molar-refractivity contribution in [3.63, 3.8) is 0 Å². The summed E-state index contributed by atoms with van der Waals surface area (Å²) in [5.74, 6) is 0.648. The largest absolute Gasteiger partial charge is 0.461 e. The molecule has 0 aromatic heterocycles. The maximum absolute atomic E-state index is 12.9. The molecule has 0 radical (unpaired) electrons. The van der Waals surface area contributed by atoms with Crippen LogP contribution in [0, 0.1) is 5.82 Å². The molecular formula is C11H14FNO2S. The molecule has 0 spiro atoms. The van der Waals surface area contributed by atoms with E-state index in [-0.39, 0.29) is 11.3 Å². The standard InChI is InChI=1S/C11H14FNO2S/c1-2-16-4-3-15-11(14)8-5-9(12)7-10(13)6-8/h5-7H,2-4,13H2,1H3. The van der Waals surface area contributed by atoms with Crippen LogP contribution in [-0.2, 0) is 4.74 Å². The van der Waals surface area contributed by atoms with Crippen LogP contribution in [0.1, 0.15) is 17.3 Å². The molecule has 1 aromatic carbocycles. The van der Waals surface area contributed by atoms with Crippen LogP contribution in [0.15, 0.2) is 18.2 Å². The molecule has 0 aliphatic rings. The zero-order chi connectivity index (χ0) is 12.0. The number of benzene rings is 1. The number of thioether (sulfide) groups is 1. The second kappa shape index (κ2) is 6.37. The Balaban J connectivity index is 2.52. The quantitative estimate of drug-likeness (QED) is 0.490. The van der Waals surface area contributed by atoms with E-state index in [0.717, 1.165) is 23.6 Å². The summed E-state index contributed by atoms with van der Waals surface area (Å²) in [5.41, 5.74) is 5.79. The van der Waals surface area contributed by atoms with E-state index < -0.39 is 11.8 Å². The molecular weight excluding hydrogens is 229 g/mol. The first-order valence-corrected chi connectivity index (χ1v) is 6.10. The predicted molar refractivity (Wildman–Crippen MR) is 64.1 cm³/mol. The lowest BCUT2D eigenvalue weighted by atomic mass is 10.2. The van der Waals surface area contributed by atoms with Gasteiger partial charge in [-0.1, -0.05) is 6.92 Å². The second-order valence-electron chi connectivity index (χ2n) is 3.11. The average molecular weight is 243 g/mol. The van der Waals surface area contributed by atoms with E-state index in [1.165, 1.54) is 6.07 Å². The number of nitrogen functional groups attached to an aromatic ring is 1. The fraction of sp³-hybridized carbons (Fsp3) is 0.364. The van der Waals surface area contributed by atoms with Crippen molar-refractivity contribution in [2.45, 2.75) is 6.92 Å². The summed E-state index contributed by atoms with van der Waals surface area (Å²) < 4.78 is 17.9. The lowest BCUT2D eigenvalue weighted by molar-refractivity contribution is 0.0530. The van der Waals surface area contributed by atoms with Crippen molar-refractivity contribution in [3.8, 4) is 0 Å². The zero-order valence-corrected chi connectivity index (χ0v) is 9.85. The Hall–Kier alpha value is -1.23. The Bertz CT molecular complexity index is 351. The molecule has 0 saturated carbocycles. The van der Waals surface area contributed by atoms with Crippen molar-refractivity contribution in [1.29, 1.82) is 0 Å². The predicted octanol–water partition coefficient (Wildman–Crippen LogP) is 2.32. The molecule has 0 aliphatic heterocycles. The first-order valence-electron chi connectivity index (χ1n) is 4.94. The molecule has 2 N–H and O–H groups in total. The first kappa shape index (κ1) is 12.8. The van der Waals surface area contributed by atoms with Crippen molar-refractivity contribution in [2.24, 2.45) is 0 Å². The topological polar surface area (TPSA) is 52.3 Å². The summed E-state index contributed by atoms with van der Waals surface area (Å²) in [6.07, 6.45) is 0. The Labute approximate surface area is 98.2 Å². The van der Waals surface area contributed by atoms with E-state index in [2.05, 4.69) is 0 Å². The van der Waals surface area contributed by atoms with Crippen LogP contribution in [-0.4, -0.2) is 24.1 Å². The van der Waals surface area contributed by atoms with Crippen LogP contribution in [0.5, 0.6) is 0 Å². The van der Waals surface area contributed by atoms with Gasteiger partial charge in [0, 0.05) is 11.4 Å². The molecule has 0 bridgehead atoms. The number of hydrogen-bond donors (Lipinski definition) is 1. The average Bonchev–Trinajstić information content (AvgIpc) is 2.22. The summed E-state index contributed by atoms with van der Waals surface area (Å²) in [7, 11) is 0. The van der Waals surface area contributed by atoms with E-state index in [9.17, 15) is 9.18 Å². The van der Waals surface area contributed by atoms with Gasteiger partial charge in [-0.15, -0.1) is 0 Å². The molecule has 0 amide bonds. The van der Waals surface area contributed by atoms with Crippen LogP contribution >= 0.6 is 11.8 Å². The number of anilines is 1. The van der Waals surface area contributed by atoms with E-state index in [1.807, 2.05) is 6.92 Å². The monoisotopic (exact) mass is 243 g/mol. The van der Waals surface area contributed by atoms with Crippen molar-refractivity contribution in [2.75, 3.05) is 23.8 Å². The molecule has 1 rings (SSSR count). The van der Waals surface area contributed by atoms with E-state index in [1.54, 1.807) is 11.8 Å². The Kier molecular flexibility index (Phi) is 5.11. The first-order chi connectivity index (χ1) is 7.63. The maximum atomic E-state index is 12.9. The molecule has 0 heterocycles. The summed E-state index contributed by atoms with van der Waals surface area (Å²) in [4.78, 5) is 11.5. The van der Waals surface area contributed by atoms with Gasteiger partial charge in [0.1, 0.15) is 12.4 Å². The van der Waals surface area contributed by atoms with E-state index in [4.69, 9.17) is 10.5 Å². The highest BCUT2D eigenvalue weighted by atomic mass is 32.2. The summed E-state index contributed by atoms with van der Waals surface area (Å²) in [6, 6.07) is 3.67. The smallest absolute Gasteiger partial charge is 0.338 e. The Morgan fingerprint density at radius 3 is 2.88 bits per heavy atom. The SMILES string of the molecule is CCSCCOC(=O)c1cc(N)cc(F)c1. The highest BCUT2D eigenvalue weighted by Crippen LogP contribution is 2.12. The van der Waals surface area contributed by atoms with Gasteiger partial charge in [0.15, 0.2) is 0 Å². The highest BCUT2D eigenvalue weighted by Gasteiger charge is 2.09. The van der Waals surface area contributed by atoms with Gasteiger partial charge in [0.05, 0.1) is 5.56 Å². The number of esters is 1. The van der Waals surface area contributed by atoms with Crippen LogP contribution in [0.2, 0.25) is 0 Å². The third-order valence-electron chi connectivity index (χ3n) is 1.82. The van der Waals surface area contributed by atoms with Gasteiger partial charge in [0.25, 0.3) is 0 Å². The number of rotatable bonds is 5. The normalized spacial score (nSPS) is 10.1. The number of carbonyl (C=O) groups is 1. The van der Waals surface area contributed by atoms with Gasteiger partial charge >= 0.3 is 5.97 Å².